The molecule has 0 amide bonds. The van der Waals surface area contributed by atoms with Crippen LogP contribution in [-0.4, -0.2) is 36.6 Å². The summed E-state index contributed by atoms with van der Waals surface area (Å²) in [5.41, 5.74) is 0. The highest BCUT2D eigenvalue weighted by molar-refractivity contribution is 4.83. The van der Waals surface area contributed by atoms with E-state index < -0.39 is 0 Å². The first-order chi connectivity index (χ1) is 6.16. The predicted molar refractivity (Wildman–Crippen MR) is 58.0 cm³/mol. The topological polar surface area (TPSA) is 15.3 Å². The third-order valence-electron chi connectivity index (χ3n) is 3.35. The summed E-state index contributed by atoms with van der Waals surface area (Å²) in [7, 11) is 0. The zero-order chi connectivity index (χ0) is 9.84. The largest absolute Gasteiger partial charge is 0.314 e. The highest BCUT2D eigenvalue weighted by atomic mass is 15.2. The second kappa shape index (κ2) is 4.97. The van der Waals surface area contributed by atoms with Crippen molar-refractivity contribution < 1.29 is 0 Å². The van der Waals surface area contributed by atoms with E-state index in [1.165, 1.54) is 19.5 Å². The molecule has 0 aliphatic carbocycles. The number of nitrogens with one attached hydrogen (secondary N) is 1. The molecule has 0 aromatic heterocycles. The van der Waals surface area contributed by atoms with Crippen molar-refractivity contribution in [1.82, 2.24) is 10.2 Å². The maximum absolute atomic E-state index is 3.47. The summed E-state index contributed by atoms with van der Waals surface area (Å²) >= 11 is 0. The van der Waals surface area contributed by atoms with Gasteiger partial charge in [0.05, 0.1) is 0 Å². The quantitative estimate of drug-likeness (QED) is 0.718. The molecule has 2 heteroatoms. The Hall–Kier alpha value is -0.0800. The molecule has 0 aromatic rings. The molecule has 0 aromatic carbocycles. The first-order valence-corrected chi connectivity index (χ1v) is 5.63. The number of piperazine rings is 1. The fourth-order valence-corrected chi connectivity index (χ4v) is 2.07. The number of nitrogens with zero attached hydrogens (tertiary/aromatic N) is 1. The molecule has 1 rings (SSSR count). The van der Waals surface area contributed by atoms with Crippen LogP contribution in [0, 0.1) is 5.92 Å². The highest BCUT2D eigenvalue weighted by Crippen LogP contribution is 2.16. The van der Waals surface area contributed by atoms with Crippen molar-refractivity contribution in [2.45, 2.75) is 46.2 Å². The van der Waals surface area contributed by atoms with E-state index in [-0.39, 0.29) is 0 Å². The summed E-state index contributed by atoms with van der Waals surface area (Å²) in [5.74, 6) is 0.771. The number of hydrogen-bond donors (Lipinski definition) is 1. The van der Waals surface area contributed by atoms with Gasteiger partial charge in [0.25, 0.3) is 0 Å². The molecule has 78 valence electrons. The molecule has 1 N–H and O–H groups in total. The SMILES string of the molecule is CCC1CNCCN1C(C)C(C)C. The summed E-state index contributed by atoms with van der Waals surface area (Å²) < 4.78 is 0. The molecule has 0 saturated carbocycles. The zero-order valence-electron chi connectivity index (χ0n) is 9.51. The zero-order valence-corrected chi connectivity index (χ0v) is 9.51. The maximum atomic E-state index is 3.47. The van der Waals surface area contributed by atoms with Crippen LogP contribution in [0.15, 0.2) is 0 Å². The van der Waals surface area contributed by atoms with Crippen molar-refractivity contribution in [3.05, 3.63) is 0 Å². The standard InChI is InChI=1S/C11H24N2/c1-5-11-8-12-6-7-13(11)10(4)9(2)3/h9-12H,5-8H2,1-4H3. The summed E-state index contributed by atoms with van der Waals surface area (Å²) in [6.07, 6.45) is 1.27. The van der Waals surface area contributed by atoms with Gasteiger partial charge in [0, 0.05) is 31.7 Å². The van der Waals surface area contributed by atoms with E-state index in [9.17, 15) is 0 Å². The molecule has 1 heterocycles. The predicted octanol–water partition coefficient (Wildman–Crippen LogP) is 1.71. The van der Waals surface area contributed by atoms with Gasteiger partial charge in [0.1, 0.15) is 0 Å². The minimum Gasteiger partial charge on any atom is -0.314 e. The third kappa shape index (κ3) is 2.68. The van der Waals surface area contributed by atoms with Gasteiger partial charge < -0.3 is 5.32 Å². The van der Waals surface area contributed by atoms with E-state index >= 15 is 0 Å². The van der Waals surface area contributed by atoms with E-state index in [0.717, 1.165) is 24.5 Å². The first-order valence-electron chi connectivity index (χ1n) is 5.63. The lowest BCUT2D eigenvalue weighted by atomic mass is 10.00. The van der Waals surface area contributed by atoms with Crippen LogP contribution in [0.25, 0.3) is 0 Å². The van der Waals surface area contributed by atoms with E-state index in [1.54, 1.807) is 0 Å². The molecule has 0 spiro atoms. The minimum atomic E-state index is 0.729. The van der Waals surface area contributed by atoms with Crippen LogP contribution in [0.2, 0.25) is 0 Å². The fraction of sp³-hybridized carbons (Fsp3) is 1.00. The molecule has 1 aliphatic heterocycles. The third-order valence-corrected chi connectivity index (χ3v) is 3.35. The lowest BCUT2D eigenvalue weighted by molar-refractivity contribution is 0.0868. The van der Waals surface area contributed by atoms with Crippen LogP contribution in [0.3, 0.4) is 0 Å². The minimum absolute atomic E-state index is 0.729. The maximum Gasteiger partial charge on any atom is 0.0221 e. The smallest absolute Gasteiger partial charge is 0.0221 e. The van der Waals surface area contributed by atoms with Gasteiger partial charge in [-0.1, -0.05) is 20.8 Å². The van der Waals surface area contributed by atoms with Crippen LogP contribution in [0.4, 0.5) is 0 Å². The van der Waals surface area contributed by atoms with Gasteiger partial charge in [0.2, 0.25) is 0 Å². The van der Waals surface area contributed by atoms with Gasteiger partial charge in [-0.3, -0.25) is 4.90 Å². The average Bonchev–Trinajstić information content (AvgIpc) is 2.16. The van der Waals surface area contributed by atoms with E-state index in [4.69, 9.17) is 0 Å². The monoisotopic (exact) mass is 184 g/mol. The van der Waals surface area contributed by atoms with Gasteiger partial charge in [-0.2, -0.15) is 0 Å². The normalized spacial score (nSPS) is 27.9. The fourth-order valence-electron chi connectivity index (χ4n) is 2.07. The van der Waals surface area contributed by atoms with Crippen molar-refractivity contribution in [2.75, 3.05) is 19.6 Å². The van der Waals surface area contributed by atoms with Crippen molar-refractivity contribution in [3.8, 4) is 0 Å². The van der Waals surface area contributed by atoms with Gasteiger partial charge in [-0.05, 0) is 19.3 Å². The van der Waals surface area contributed by atoms with Gasteiger partial charge in [0.15, 0.2) is 0 Å². The van der Waals surface area contributed by atoms with E-state index in [1.807, 2.05) is 0 Å². The molecule has 2 nitrogen and oxygen atoms in total. The Morgan fingerprint density at radius 3 is 2.62 bits per heavy atom. The van der Waals surface area contributed by atoms with Crippen molar-refractivity contribution in [2.24, 2.45) is 5.92 Å². The molecule has 0 bridgehead atoms. The molecule has 2 unspecified atom stereocenters. The molecule has 13 heavy (non-hydrogen) atoms. The van der Waals surface area contributed by atoms with E-state index in [2.05, 4.69) is 37.9 Å². The second-order valence-corrected chi connectivity index (χ2v) is 4.49. The number of hydrogen-bond acceptors (Lipinski definition) is 2. The molecule has 1 aliphatic rings. The molecular formula is C11H24N2. The summed E-state index contributed by atoms with van der Waals surface area (Å²) in [6.45, 7) is 12.8. The lowest BCUT2D eigenvalue weighted by Gasteiger charge is -2.41. The summed E-state index contributed by atoms with van der Waals surface area (Å²) in [4.78, 5) is 2.67. The van der Waals surface area contributed by atoms with Crippen molar-refractivity contribution in [3.63, 3.8) is 0 Å². The van der Waals surface area contributed by atoms with Gasteiger partial charge in [-0.15, -0.1) is 0 Å². The Bertz CT molecular complexity index is 143. The lowest BCUT2D eigenvalue weighted by Crippen LogP contribution is -2.55. The molecule has 0 radical (unpaired) electrons. The Morgan fingerprint density at radius 2 is 2.08 bits per heavy atom. The molecular weight excluding hydrogens is 160 g/mol. The van der Waals surface area contributed by atoms with Crippen LogP contribution >= 0.6 is 0 Å². The Morgan fingerprint density at radius 1 is 1.38 bits per heavy atom. The summed E-state index contributed by atoms with van der Waals surface area (Å²) in [5, 5.41) is 3.47. The Balaban J connectivity index is 2.53. The molecule has 1 saturated heterocycles. The Labute approximate surface area is 82.7 Å². The molecule has 1 fully saturated rings. The highest BCUT2D eigenvalue weighted by Gasteiger charge is 2.26. The van der Waals surface area contributed by atoms with Crippen molar-refractivity contribution in [1.29, 1.82) is 0 Å². The van der Waals surface area contributed by atoms with Crippen molar-refractivity contribution >= 4 is 0 Å². The van der Waals surface area contributed by atoms with Crippen LogP contribution < -0.4 is 5.32 Å². The second-order valence-electron chi connectivity index (χ2n) is 4.49. The Kier molecular flexibility index (Phi) is 4.20. The molecule has 2 atom stereocenters. The first kappa shape index (κ1) is 11.0. The number of rotatable bonds is 3. The average molecular weight is 184 g/mol. The summed E-state index contributed by atoms with van der Waals surface area (Å²) in [6, 6.07) is 1.48. The van der Waals surface area contributed by atoms with Gasteiger partial charge >= 0.3 is 0 Å². The van der Waals surface area contributed by atoms with E-state index in [0.29, 0.717) is 0 Å². The van der Waals surface area contributed by atoms with Gasteiger partial charge in [-0.25, -0.2) is 0 Å². The van der Waals surface area contributed by atoms with Crippen LogP contribution in [0.1, 0.15) is 34.1 Å². The van der Waals surface area contributed by atoms with Crippen LogP contribution in [-0.2, 0) is 0 Å². The van der Waals surface area contributed by atoms with Crippen LogP contribution in [0.5, 0.6) is 0 Å².